The highest BCUT2D eigenvalue weighted by Gasteiger charge is 2.19. The molecular formula is C21H19N3O2. The van der Waals surface area contributed by atoms with Crippen LogP contribution in [0.4, 0.5) is 0 Å². The average molecular weight is 345 g/mol. The number of pyridine rings is 1. The van der Waals surface area contributed by atoms with Gasteiger partial charge >= 0.3 is 0 Å². The van der Waals surface area contributed by atoms with Gasteiger partial charge in [0.05, 0.1) is 5.56 Å². The topological polar surface area (TPSA) is 85.1 Å². The molecule has 0 spiro atoms. The van der Waals surface area contributed by atoms with Crippen molar-refractivity contribution < 1.29 is 9.59 Å². The molecule has 0 fully saturated rings. The van der Waals surface area contributed by atoms with Crippen molar-refractivity contribution in [2.45, 2.75) is 12.5 Å². The molecule has 3 N–H and O–H groups in total. The largest absolute Gasteiger partial charge is 0.368 e. The number of nitrogens with two attached hydrogens (primary N) is 1. The van der Waals surface area contributed by atoms with Gasteiger partial charge in [-0.2, -0.15) is 0 Å². The van der Waals surface area contributed by atoms with E-state index in [1.54, 1.807) is 18.3 Å². The summed E-state index contributed by atoms with van der Waals surface area (Å²) < 4.78 is 0. The van der Waals surface area contributed by atoms with Crippen molar-refractivity contribution in [2.75, 3.05) is 0 Å². The zero-order chi connectivity index (χ0) is 18.4. The smallest absolute Gasteiger partial charge is 0.253 e. The predicted molar refractivity (Wildman–Crippen MR) is 100 cm³/mol. The molecule has 1 atom stereocenters. The van der Waals surface area contributed by atoms with E-state index in [4.69, 9.17) is 5.73 Å². The Morgan fingerprint density at radius 1 is 0.923 bits per heavy atom. The lowest BCUT2D eigenvalue weighted by molar-refractivity contribution is -0.119. The minimum Gasteiger partial charge on any atom is -0.368 e. The molecule has 0 unspecified atom stereocenters. The standard InChI is InChI=1S/C21H19N3O2/c22-20(25)19(24-21(26)18-7-4-12-23-14-18)13-15-8-10-17(11-9-15)16-5-2-1-3-6-16/h1-12,14,19H,13H2,(H2,22,25)(H,24,26)/t19-/m1/s1. The quantitative estimate of drug-likeness (QED) is 0.720. The summed E-state index contributed by atoms with van der Waals surface area (Å²) in [5.74, 6) is -0.947. The molecule has 0 saturated carbocycles. The van der Waals surface area contributed by atoms with Gasteiger partial charge in [-0.15, -0.1) is 0 Å². The molecule has 26 heavy (non-hydrogen) atoms. The van der Waals surface area contributed by atoms with Crippen LogP contribution in [0.3, 0.4) is 0 Å². The third kappa shape index (κ3) is 4.33. The highest BCUT2D eigenvalue weighted by atomic mass is 16.2. The molecule has 2 amide bonds. The maximum Gasteiger partial charge on any atom is 0.253 e. The Morgan fingerprint density at radius 3 is 2.23 bits per heavy atom. The van der Waals surface area contributed by atoms with E-state index in [1.807, 2.05) is 54.6 Å². The molecule has 3 rings (SSSR count). The molecule has 0 aliphatic carbocycles. The highest BCUT2D eigenvalue weighted by molar-refractivity contribution is 5.97. The van der Waals surface area contributed by atoms with E-state index in [1.165, 1.54) is 6.20 Å². The minimum atomic E-state index is -0.787. The number of amides is 2. The fourth-order valence-corrected chi connectivity index (χ4v) is 2.66. The first kappa shape index (κ1) is 17.4. The third-order valence-electron chi connectivity index (χ3n) is 4.07. The van der Waals surface area contributed by atoms with Gasteiger partial charge in [0, 0.05) is 18.8 Å². The molecule has 0 aliphatic rings. The summed E-state index contributed by atoms with van der Waals surface area (Å²) in [5, 5.41) is 2.67. The van der Waals surface area contributed by atoms with E-state index < -0.39 is 11.9 Å². The van der Waals surface area contributed by atoms with Crippen molar-refractivity contribution >= 4 is 11.8 Å². The van der Waals surface area contributed by atoms with Crippen LogP contribution >= 0.6 is 0 Å². The Morgan fingerprint density at radius 2 is 1.62 bits per heavy atom. The van der Waals surface area contributed by atoms with Crippen molar-refractivity contribution in [3.8, 4) is 11.1 Å². The van der Waals surface area contributed by atoms with Crippen molar-refractivity contribution in [1.29, 1.82) is 0 Å². The number of carbonyl (C=O) groups excluding carboxylic acids is 2. The number of hydrogen-bond acceptors (Lipinski definition) is 3. The van der Waals surface area contributed by atoms with E-state index in [0.29, 0.717) is 12.0 Å². The van der Waals surface area contributed by atoms with Gasteiger partial charge in [0.2, 0.25) is 5.91 Å². The lowest BCUT2D eigenvalue weighted by Crippen LogP contribution is -2.45. The maximum absolute atomic E-state index is 12.2. The van der Waals surface area contributed by atoms with Gasteiger partial charge in [-0.1, -0.05) is 54.6 Å². The molecule has 2 aromatic carbocycles. The lowest BCUT2D eigenvalue weighted by Gasteiger charge is -2.16. The molecule has 5 nitrogen and oxygen atoms in total. The van der Waals surface area contributed by atoms with Crippen molar-refractivity contribution in [2.24, 2.45) is 5.73 Å². The molecule has 5 heteroatoms. The second-order valence-corrected chi connectivity index (χ2v) is 5.94. The summed E-state index contributed by atoms with van der Waals surface area (Å²) in [6.07, 6.45) is 3.36. The number of carbonyl (C=O) groups is 2. The lowest BCUT2D eigenvalue weighted by atomic mass is 10.0. The monoisotopic (exact) mass is 345 g/mol. The highest BCUT2D eigenvalue weighted by Crippen LogP contribution is 2.19. The molecule has 1 aromatic heterocycles. The number of aromatic nitrogens is 1. The first-order valence-corrected chi connectivity index (χ1v) is 8.28. The van der Waals surface area contributed by atoms with Crippen LogP contribution in [0.5, 0.6) is 0 Å². The number of nitrogens with zero attached hydrogens (tertiary/aromatic N) is 1. The van der Waals surface area contributed by atoms with Gasteiger partial charge in [0.15, 0.2) is 0 Å². The van der Waals surface area contributed by atoms with Gasteiger partial charge in [0.25, 0.3) is 5.91 Å². The molecule has 0 radical (unpaired) electrons. The summed E-state index contributed by atoms with van der Waals surface area (Å²) in [4.78, 5) is 27.9. The van der Waals surface area contributed by atoms with Crippen LogP contribution in [0, 0.1) is 0 Å². The van der Waals surface area contributed by atoms with E-state index in [-0.39, 0.29) is 5.91 Å². The van der Waals surface area contributed by atoms with Crippen LogP contribution in [0.15, 0.2) is 79.1 Å². The zero-order valence-corrected chi connectivity index (χ0v) is 14.1. The average Bonchev–Trinajstić information content (AvgIpc) is 2.69. The molecule has 3 aromatic rings. The van der Waals surface area contributed by atoms with Gasteiger partial charge < -0.3 is 11.1 Å². The Hall–Kier alpha value is -3.47. The molecular weight excluding hydrogens is 326 g/mol. The number of benzene rings is 2. The van der Waals surface area contributed by atoms with Crippen molar-refractivity contribution in [3.63, 3.8) is 0 Å². The molecule has 0 aliphatic heterocycles. The van der Waals surface area contributed by atoms with Crippen LogP contribution in [0.25, 0.3) is 11.1 Å². The number of hydrogen-bond donors (Lipinski definition) is 2. The second kappa shape index (κ2) is 8.07. The predicted octanol–water partition coefficient (Wildman–Crippen LogP) is 2.58. The van der Waals surface area contributed by atoms with Crippen LogP contribution < -0.4 is 11.1 Å². The maximum atomic E-state index is 12.2. The number of primary amides is 1. The molecule has 0 saturated heterocycles. The molecule has 1 heterocycles. The Balaban J connectivity index is 1.70. The Kier molecular flexibility index (Phi) is 5.39. The number of rotatable bonds is 6. The van der Waals surface area contributed by atoms with E-state index in [0.717, 1.165) is 16.7 Å². The minimum absolute atomic E-state index is 0.330. The Bertz CT molecular complexity index is 878. The summed E-state index contributed by atoms with van der Waals surface area (Å²) in [6, 6.07) is 20.4. The van der Waals surface area contributed by atoms with Crippen LogP contribution in [0.2, 0.25) is 0 Å². The van der Waals surface area contributed by atoms with Crippen LogP contribution in [-0.2, 0) is 11.2 Å². The van der Waals surface area contributed by atoms with Gasteiger partial charge in [0.1, 0.15) is 6.04 Å². The summed E-state index contributed by atoms with van der Waals surface area (Å²) in [7, 11) is 0. The van der Waals surface area contributed by atoms with Crippen molar-refractivity contribution in [1.82, 2.24) is 10.3 Å². The summed E-state index contributed by atoms with van der Waals surface area (Å²) in [5.41, 5.74) is 8.97. The molecule has 0 bridgehead atoms. The first-order valence-electron chi connectivity index (χ1n) is 8.28. The molecule has 130 valence electrons. The van der Waals surface area contributed by atoms with E-state index in [2.05, 4.69) is 10.3 Å². The third-order valence-corrected chi connectivity index (χ3v) is 4.07. The van der Waals surface area contributed by atoms with Gasteiger partial charge in [-0.05, 0) is 28.8 Å². The first-order chi connectivity index (χ1) is 12.6. The van der Waals surface area contributed by atoms with Crippen molar-refractivity contribution in [3.05, 3.63) is 90.3 Å². The second-order valence-electron chi connectivity index (χ2n) is 5.94. The van der Waals surface area contributed by atoms with Crippen LogP contribution in [-0.4, -0.2) is 22.8 Å². The number of nitrogens with one attached hydrogen (secondary N) is 1. The van der Waals surface area contributed by atoms with Crippen LogP contribution in [0.1, 0.15) is 15.9 Å². The van der Waals surface area contributed by atoms with E-state index >= 15 is 0 Å². The van der Waals surface area contributed by atoms with E-state index in [9.17, 15) is 9.59 Å². The fourth-order valence-electron chi connectivity index (χ4n) is 2.66. The Labute approximate surface area is 151 Å². The van der Waals surface area contributed by atoms with Gasteiger partial charge in [-0.3, -0.25) is 14.6 Å². The normalized spacial score (nSPS) is 11.5. The summed E-state index contributed by atoms with van der Waals surface area (Å²) >= 11 is 0. The summed E-state index contributed by atoms with van der Waals surface area (Å²) in [6.45, 7) is 0. The SMILES string of the molecule is NC(=O)[C@@H](Cc1ccc(-c2ccccc2)cc1)NC(=O)c1cccnc1. The zero-order valence-electron chi connectivity index (χ0n) is 14.1. The fraction of sp³-hybridized carbons (Fsp3) is 0.0952. The van der Waals surface area contributed by atoms with Gasteiger partial charge in [-0.25, -0.2) is 0 Å².